The number of nitrogens with zero attached hydrogens (tertiary/aromatic N) is 1. The van der Waals surface area contributed by atoms with Gasteiger partial charge in [-0.25, -0.2) is 4.39 Å². The molecule has 2 rings (SSSR count). The van der Waals surface area contributed by atoms with Crippen molar-refractivity contribution in [3.05, 3.63) is 35.6 Å². The van der Waals surface area contributed by atoms with Gasteiger partial charge in [-0.05, 0) is 38.0 Å². The van der Waals surface area contributed by atoms with E-state index in [4.69, 9.17) is 0 Å². The molecule has 1 heterocycles. The van der Waals surface area contributed by atoms with Crippen molar-refractivity contribution in [3.63, 3.8) is 0 Å². The third kappa shape index (κ3) is 2.53. The Kier molecular flexibility index (Phi) is 3.79. The number of carbonyl (C=O) groups excluding carboxylic acids is 2. The molecule has 1 aliphatic rings. The number of nitrogens with one attached hydrogen (secondary N) is 1. The maximum Gasteiger partial charge on any atom is 0.248 e. The van der Waals surface area contributed by atoms with Gasteiger partial charge < -0.3 is 10.2 Å². The molecule has 20 heavy (non-hydrogen) atoms. The molecule has 0 bridgehead atoms. The predicted octanol–water partition coefficient (Wildman–Crippen LogP) is 1.84. The smallest absolute Gasteiger partial charge is 0.248 e. The summed E-state index contributed by atoms with van der Waals surface area (Å²) in [7, 11) is 0. The molecular weight excluding hydrogens is 259 g/mol. The van der Waals surface area contributed by atoms with Gasteiger partial charge in [0.05, 0.1) is 0 Å². The van der Waals surface area contributed by atoms with Crippen LogP contribution < -0.4 is 5.32 Å². The van der Waals surface area contributed by atoms with E-state index in [1.165, 1.54) is 17.0 Å². The zero-order valence-corrected chi connectivity index (χ0v) is 11.9. The third-order valence-electron chi connectivity index (χ3n) is 3.93. The van der Waals surface area contributed by atoms with Crippen LogP contribution in [0.2, 0.25) is 0 Å². The standard InChI is InChI=1S/C15H19FN2O2/c1-4-15(3)14(20)18(10(2)13(19)17-15)9-11-6-5-7-12(16)8-11/h5-8,10H,4,9H2,1-3H3,(H,17,19). The Morgan fingerprint density at radius 1 is 1.40 bits per heavy atom. The van der Waals surface area contributed by atoms with Gasteiger partial charge in [-0.2, -0.15) is 0 Å². The van der Waals surface area contributed by atoms with E-state index in [2.05, 4.69) is 5.32 Å². The molecular formula is C15H19FN2O2. The maximum absolute atomic E-state index is 13.2. The average Bonchev–Trinajstić information content (AvgIpc) is 2.41. The van der Waals surface area contributed by atoms with E-state index in [9.17, 15) is 14.0 Å². The Morgan fingerprint density at radius 3 is 2.70 bits per heavy atom. The van der Waals surface area contributed by atoms with Crippen LogP contribution >= 0.6 is 0 Å². The van der Waals surface area contributed by atoms with Crippen molar-refractivity contribution >= 4 is 11.8 Å². The lowest BCUT2D eigenvalue weighted by Gasteiger charge is -2.43. The van der Waals surface area contributed by atoms with Crippen LogP contribution in [-0.4, -0.2) is 28.3 Å². The molecule has 1 aliphatic heterocycles. The van der Waals surface area contributed by atoms with Gasteiger partial charge in [-0.15, -0.1) is 0 Å². The summed E-state index contributed by atoms with van der Waals surface area (Å²) in [5, 5.41) is 2.76. The Labute approximate surface area is 118 Å². The molecule has 4 nitrogen and oxygen atoms in total. The summed E-state index contributed by atoms with van der Waals surface area (Å²) in [6.07, 6.45) is 0.518. The number of carbonyl (C=O) groups is 2. The lowest BCUT2D eigenvalue weighted by molar-refractivity contribution is -0.154. The summed E-state index contributed by atoms with van der Waals surface area (Å²) in [5.41, 5.74) is -0.199. The van der Waals surface area contributed by atoms with Crippen molar-refractivity contribution in [2.24, 2.45) is 0 Å². The quantitative estimate of drug-likeness (QED) is 0.917. The number of amides is 2. The minimum Gasteiger partial charge on any atom is -0.340 e. The van der Waals surface area contributed by atoms with Crippen LogP contribution in [0.5, 0.6) is 0 Å². The van der Waals surface area contributed by atoms with E-state index >= 15 is 0 Å². The van der Waals surface area contributed by atoms with Gasteiger partial charge in [-0.1, -0.05) is 19.1 Å². The molecule has 5 heteroatoms. The van der Waals surface area contributed by atoms with Crippen molar-refractivity contribution in [1.29, 1.82) is 0 Å². The Bertz CT molecular complexity index is 546. The largest absolute Gasteiger partial charge is 0.340 e. The molecule has 0 spiro atoms. The molecule has 1 aromatic carbocycles. The molecule has 108 valence electrons. The highest BCUT2D eigenvalue weighted by molar-refractivity contribution is 5.99. The SMILES string of the molecule is CCC1(C)NC(=O)C(C)N(Cc2cccc(F)c2)C1=O. The van der Waals surface area contributed by atoms with Crippen LogP contribution in [0.15, 0.2) is 24.3 Å². The van der Waals surface area contributed by atoms with Crippen molar-refractivity contribution in [3.8, 4) is 0 Å². The second-order valence-electron chi connectivity index (χ2n) is 5.41. The zero-order chi connectivity index (χ0) is 14.9. The van der Waals surface area contributed by atoms with Crippen molar-refractivity contribution in [1.82, 2.24) is 10.2 Å². The Hall–Kier alpha value is -1.91. The van der Waals surface area contributed by atoms with E-state index < -0.39 is 11.6 Å². The van der Waals surface area contributed by atoms with Gasteiger partial charge in [0, 0.05) is 6.54 Å². The first-order valence-corrected chi connectivity index (χ1v) is 6.75. The highest BCUT2D eigenvalue weighted by atomic mass is 19.1. The van der Waals surface area contributed by atoms with Gasteiger partial charge in [0.1, 0.15) is 17.4 Å². The number of rotatable bonds is 3. The Balaban J connectivity index is 2.28. The molecule has 1 N–H and O–H groups in total. The normalized spacial score (nSPS) is 26.6. The lowest BCUT2D eigenvalue weighted by atomic mass is 9.92. The molecule has 1 aromatic rings. The zero-order valence-electron chi connectivity index (χ0n) is 11.9. The molecule has 0 aliphatic carbocycles. The minimum absolute atomic E-state index is 0.128. The molecule has 0 saturated carbocycles. The van der Waals surface area contributed by atoms with Crippen LogP contribution in [0.25, 0.3) is 0 Å². The monoisotopic (exact) mass is 278 g/mol. The van der Waals surface area contributed by atoms with E-state index in [1.807, 2.05) is 6.92 Å². The number of hydrogen-bond donors (Lipinski definition) is 1. The molecule has 0 aromatic heterocycles. The average molecular weight is 278 g/mol. The maximum atomic E-state index is 13.2. The van der Waals surface area contributed by atoms with Crippen LogP contribution in [0.4, 0.5) is 4.39 Å². The number of benzene rings is 1. The summed E-state index contributed by atoms with van der Waals surface area (Å²) in [6.45, 7) is 5.49. The molecule has 0 radical (unpaired) electrons. The van der Waals surface area contributed by atoms with Crippen molar-refractivity contribution in [2.45, 2.75) is 45.3 Å². The van der Waals surface area contributed by atoms with Gasteiger partial charge >= 0.3 is 0 Å². The summed E-state index contributed by atoms with van der Waals surface area (Å²) in [5.74, 6) is -0.649. The molecule has 2 unspecified atom stereocenters. The first-order chi connectivity index (χ1) is 9.37. The summed E-state index contributed by atoms with van der Waals surface area (Å²) in [4.78, 5) is 26.1. The van der Waals surface area contributed by atoms with E-state index in [-0.39, 0.29) is 24.2 Å². The van der Waals surface area contributed by atoms with E-state index in [0.29, 0.717) is 12.0 Å². The van der Waals surface area contributed by atoms with E-state index in [1.54, 1.807) is 26.0 Å². The van der Waals surface area contributed by atoms with Gasteiger partial charge in [0.25, 0.3) is 0 Å². The van der Waals surface area contributed by atoms with Crippen molar-refractivity contribution in [2.75, 3.05) is 0 Å². The third-order valence-corrected chi connectivity index (χ3v) is 3.93. The Morgan fingerprint density at radius 2 is 2.10 bits per heavy atom. The van der Waals surface area contributed by atoms with E-state index in [0.717, 1.165) is 0 Å². The summed E-state index contributed by atoms with van der Waals surface area (Å²) < 4.78 is 13.2. The first-order valence-electron chi connectivity index (χ1n) is 6.75. The van der Waals surface area contributed by atoms with Crippen LogP contribution in [0, 0.1) is 5.82 Å². The number of halogens is 1. The number of hydrogen-bond acceptors (Lipinski definition) is 2. The van der Waals surface area contributed by atoms with Crippen LogP contribution in [-0.2, 0) is 16.1 Å². The molecule has 2 atom stereocenters. The van der Waals surface area contributed by atoms with Gasteiger partial charge in [0.15, 0.2) is 0 Å². The fourth-order valence-corrected chi connectivity index (χ4v) is 2.34. The highest BCUT2D eigenvalue weighted by Gasteiger charge is 2.45. The van der Waals surface area contributed by atoms with Gasteiger partial charge in [-0.3, -0.25) is 9.59 Å². The topological polar surface area (TPSA) is 49.4 Å². The minimum atomic E-state index is -0.878. The van der Waals surface area contributed by atoms with Crippen molar-refractivity contribution < 1.29 is 14.0 Å². The second kappa shape index (κ2) is 5.23. The molecule has 2 amide bonds. The fraction of sp³-hybridized carbons (Fsp3) is 0.467. The lowest BCUT2D eigenvalue weighted by Crippen LogP contribution is -2.68. The first kappa shape index (κ1) is 14.5. The second-order valence-corrected chi connectivity index (χ2v) is 5.41. The highest BCUT2D eigenvalue weighted by Crippen LogP contribution is 2.23. The predicted molar refractivity (Wildman–Crippen MR) is 73.3 cm³/mol. The number of piperazine rings is 1. The summed E-state index contributed by atoms with van der Waals surface area (Å²) >= 11 is 0. The van der Waals surface area contributed by atoms with Crippen LogP contribution in [0.1, 0.15) is 32.8 Å². The van der Waals surface area contributed by atoms with Crippen LogP contribution in [0.3, 0.4) is 0 Å². The summed E-state index contributed by atoms with van der Waals surface area (Å²) in [6, 6.07) is 5.54. The molecule has 1 saturated heterocycles. The fourth-order valence-electron chi connectivity index (χ4n) is 2.34. The molecule has 1 fully saturated rings. The van der Waals surface area contributed by atoms with Gasteiger partial charge in [0.2, 0.25) is 11.8 Å².